The van der Waals surface area contributed by atoms with Gasteiger partial charge in [-0.3, -0.25) is 14.9 Å². The molecule has 0 saturated carbocycles. The Hall–Kier alpha value is -2.94. The Morgan fingerprint density at radius 1 is 1.14 bits per heavy atom. The van der Waals surface area contributed by atoms with Gasteiger partial charge in [-0.25, -0.2) is 4.79 Å². The topological polar surface area (TPSA) is 127 Å². The van der Waals surface area contributed by atoms with Crippen molar-refractivity contribution in [2.45, 2.75) is 0 Å². The Kier molecular flexibility index (Phi) is 4.14. The normalized spacial score (nSPS) is 9.90. The van der Waals surface area contributed by atoms with Gasteiger partial charge in [0.15, 0.2) is 0 Å². The first-order valence-electron chi connectivity index (χ1n) is 5.68. The van der Waals surface area contributed by atoms with Gasteiger partial charge in [-0.05, 0) is 24.3 Å². The Bertz CT molecular complexity index is 713. The molecule has 0 bridgehead atoms. The van der Waals surface area contributed by atoms with Gasteiger partial charge in [0.05, 0.1) is 9.80 Å². The Balaban J connectivity index is 2.11. The summed E-state index contributed by atoms with van der Waals surface area (Å²) in [5.41, 5.74) is 5.86. The molecule has 3 amide bonds. The van der Waals surface area contributed by atoms with E-state index in [1.54, 1.807) is 18.2 Å². The van der Waals surface area contributed by atoms with E-state index in [-0.39, 0.29) is 9.88 Å². The molecule has 0 radical (unpaired) electrons. The summed E-state index contributed by atoms with van der Waals surface area (Å²) in [6.45, 7) is 0. The second-order valence-electron chi connectivity index (χ2n) is 3.92. The van der Waals surface area contributed by atoms with Crippen LogP contribution in [-0.4, -0.2) is 16.9 Å². The maximum atomic E-state index is 11.9. The molecular formula is C12H10N4O4S. The summed E-state index contributed by atoms with van der Waals surface area (Å²) in [5, 5.41) is 15.4. The predicted molar refractivity (Wildman–Crippen MR) is 78.6 cm³/mol. The van der Waals surface area contributed by atoms with Crippen LogP contribution in [0.1, 0.15) is 9.67 Å². The number of carbonyl (C=O) groups is 2. The highest BCUT2D eigenvalue weighted by Crippen LogP contribution is 2.25. The van der Waals surface area contributed by atoms with Crippen molar-refractivity contribution in [2.75, 3.05) is 10.6 Å². The van der Waals surface area contributed by atoms with Crippen LogP contribution in [0.2, 0.25) is 0 Å². The maximum absolute atomic E-state index is 11.9. The Morgan fingerprint density at radius 3 is 2.38 bits per heavy atom. The lowest BCUT2D eigenvalue weighted by molar-refractivity contribution is -0.380. The van der Waals surface area contributed by atoms with Crippen LogP contribution in [0, 0.1) is 10.1 Å². The molecule has 0 fully saturated rings. The summed E-state index contributed by atoms with van der Waals surface area (Å²) in [5.74, 6) is -0.468. The highest BCUT2D eigenvalue weighted by Gasteiger charge is 2.15. The summed E-state index contributed by atoms with van der Waals surface area (Å²) in [7, 11) is 0. The van der Waals surface area contributed by atoms with E-state index in [1.165, 1.54) is 18.2 Å². The zero-order chi connectivity index (χ0) is 15.4. The van der Waals surface area contributed by atoms with Crippen LogP contribution in [-0.2, 0) is 0 Å². The van der Waals surface area contributed by atoms with Gasteiger partial charge in [-0.1, -0.05) is 17.4 Å². The molecule has 8 nitrogen and oxygen atoms in total. The molecule has 9 heteroatoms. The van der Waals surface area contributed by atoms with Gasteiger partial charge >= 0.3 is 11.0 Å². The van der Waals surface area contributed by atoms with E-state index in [9.17, 15) is 19.7 Å². The molecule has 0 aliphatic rings. The van der Waals surface area contributed by atoms with Crippen molar-refractivity contribution < 1.29 is 14.5 Å². The zero-order valence-corrected chi connectivity index (χ0v) is 11.3. The molecule has 0 saturated heterocycles. The number of benzene rings is 1. The molecule has 21 heavy (non-hydrogen) atoms. The molecule has 0 aliphatic carbocycles. The highest BCUT2D eigenvalue weighted by atomic mass is 32.1. The number of nitrogens with two attached hydrogens (primary N) is 1. The molecule has 0 spiro atoms. The van der Waals surface area contributed by atoms with Crippen LogP contribution in [0.5, 0.6) is 0 Å². The number of carbonyl (C=O) groups excluding carboxylic acids is 2. The number of nitrogens with one attached hydrogen (secondary N) is 2. The first-order chi connectivity index (χ1) is 9.95. The number of hydrogen-bond donors (Lipinski definition) is 3. The van der Waals surface area contributed by atoms with Crippen LogP contribution >= 0.6 is 11.3 Å². The minimum absolute atomic E-state index is 0.107. The molecule has 1 aromatic carbocycles. The van der Waals surface area contributed by atoms with Gasteiger partial charge in [0.1, 0.15) is 0 Å². The lowest BCUT2D eigenvalue weighted by atomic mass is 10.2. The van der Waals surface area contributed by atoms with Crippen molar-refractivity contribution in [2.24, 2.45) is 5.73 Å². The average Bonchev–Trinajstić information content (AvgIpc) is 2.88. The fourth-order valence-electron chi connectivity index (χ4n) is 1.56. The summed E-state index contributed by atoms with van der Waals surface area (Å²) in [4.78, 5) is 32.9. The number of nitro groups is 1. The van der Waals surface area contributed by atoms with Gasteiger partial charge in [-0.2, -0.15) is 0 Å². The van der Waals surface area contributed by atoms with E-state index in [4.69, 9.17) is 5.73 Å². The van der Waals surface area contributed by atoms with Crippen LogP contribution in [0.3, 0.4) is 0 Å². The van der Waals surface area contributed by atoms with E-state index in [0.29, 0.717) is 11.4 Å². The third-order valence-electron chi connectivity index (χ3n) is 2.38. The second kappa shape index (κ2) is 6.01. The molecule has 4 N–H and O–H groups in total. The average molecular weight is 306 g/mol. The lowest BCUT2D eigenvalue weighted by Crippen LogP contribution is -2.19. The first-order valence-corrected chi connectivity index (χ1v) is 6.49. The number of urea groups is 1. The molecule has 108 valence electrons. The van der Waals surface area contributed by atoms with Crippen LogP contribution < -0.4 is 16.4 Å². The van der Waals surface area contributed by atoms with E-state index in [1.807, 2.05) is 0 Å². The fraction of sp³-hybridized carbons (Fsp3) is 0. The fourth-order valence-corrected chi connectivity index (χ4v) is 2.27. The van der Waals surface area contributed by atoms with Crippen molar-refractivity contribution in [3.05, 3.63) is 51.4 Å². The highest BCUT2D eigenvalue weighted by molar-refractivity contribution is 7.17. The number of nitrogens with zero attached hydrogens (tertiary/aromatic N) is 1. The smallest absolute Gasteiger partial charge is 0.324 e. The molecular weight excluding hydrogens is 296 g/mol. The largest absolute Gasteiger partial charge is 0.351 e. The minimum Gasteiger partial charge on any atom is -0.351 e. The number of amides is 3. The van der Waals surface area contributed by atoms with E-state index >= 15 is 0 Å². The first kappa shape index (κ1) is 14.5. The summed E-state index contributed by atoms with van der Waals surface area (Å²) in [6, 6.07) is 8.30. The summed E-state index contributed by atoms with van der Waals surface area (Å²) < 4.78 is 0. The molecule has 0 aliphatic heterocycles. The minimum atomic E-state index is -0.715. The number of thiophene rings is 1. The third-order valence-corrected chi connectivity index (χ3v) is 3.42. The second-order valence-corrected chi connectivity index (χ2v) is 4.98. The predicted octanol–water partition coefficient (Wildman–Crippen LogP) is 2.40. The third kappa shape index (κ3) is 3.76. The number of primary amides is 1. The molecule has 1 heterocycles. The molecule has 0 atom stereocenters. The zero-order valence-electron chi connectivity index (χ0n) is 10.5. The maximum Gasteiger partial charge on any atom is 0.324 e. The quantitative estimate of drug-likeness (QED) is 0.591. The van der Waals surface area contributed by atoms with Crippen molar-refractivity contribution in [3.8, 4) is 0 Å². The standard InChI is InChI=1S/C12H10N4O4S/c13-12(18)15-8-3-1-2-7(6-8)14-11(17)9-4-5-10(21-9)16(19)20/h1-6H,(H,14,17)(H3,13,15,18). The van der Waals surface area contributed by atoms with E-state index in [2.05, 4.69) is 10.6 Å². The monoisotopic (exact) mass is 306 g/mol. The van der Waals surface area contributed by atoms with Crippen LogP contribution in [0.4, 0.5) is 21.2 Å². The lowest BCUT2D eigenvalue weighted by Gasteiger charge is -2.06. The SMILES string of the molecule is NC(=O)Nc1cccc(NC(=O)c2ccc([N+](=O)[O-])s2)c1. The van der Waals surface area contributed by atoms with E-state index in [0.717, 1.165) is 11.3 Å². The number of anilines is 2. The number of hydrogen-bond acceptors (Lipinski definition) is 5. The van der Waals surface area contributed by atoms with Crippen molar-refractivity contribution in [1.82, 2.24) is 0 Å². The molecule has 1 aromatic heterocycles. The Labute approximate surface area is 122 Å². The van der Waals surface area contributed by atoms with Gasteiger partial charge in [0, 0.05) is 17.4 Å². The van der Waals surface area contributed by atoms with Crippen LogP contribution in [0.25, 0.3) is 0 Å². The summed E-state index contributed by atoms with van der Waals surface area (Å²) >= 11 is 0.782. The number of rotatable bonds is 4. The van der Waals surface area contributed by atoms with Gasteiger partial charge in [0.2, 0.25) is 0 Å². The molecule has 0 unspecified atom stereocenters. The van der Waals surface area contributed by atoms with Gasteiger partial charge in [-0.15, -0.1) is 0 Å². The van der Waals surface area contributed by atoms with E-state index < -0.39 is 16.9 Å². The summed E-state index contributed by atoms with van der Waals surface area (Å²) in [6.07, 6.45) is 0. The van der Waals surface area contributed by atoms with Gasteiger partial charge in [0.25, 0.3) is 5.91 Å². The van der Waals surface area contributed by atoms with Crippen molar-refractivity contribution >= 4 is 39.7 Å². The van der Waals surface area contributed by atoms with Crippen molar-refractivity contribution in [1.29, 1.82) is 0 Å². The molecule has 2 rings (SSSR count). The van der Waals surface area contributed by atoms with Gasteiger partial charge < -0.3 is 16.4 Å². The van der Waals surface area contributed by atoms with Crippen molar-refractivity contribution in [3.63, 3.8) is 0 Å². The Morgan fingerprint density at radius 2 is 1.81 bits per heavy atom. The molecule has 2 aromatic rings. The van der Waals surface area contributed by atoms with Crippen LogP contribution in [0.15, 0.2) is 36.4 Å².